The van der Waals surface area contributed by atoms with Gasteiger partial charge in [0, 0.05) is 11.8 Å². The third-order valence-electron chi connectivity index (χ3n) is 4.83. The molecule has 0 unspecified atom stereocenters. The summed E-state index contributed by atoms with van der Waals surface area (Å²) in [6.45, 7) is 5.48. The molecule has 0 aliphatic carbocycles. The minimum Gasteiger partial charge on any atom is -0.309 e. The smallest absolute Gasteiger partial charge is 0.0631 e. The molecule has 1 atom stereocenters. The van der Waals surface area contributed by atoms with E-state index in [2.05, 4.69) is 81.4 Å². The van der Waals surface area contributed by atoms with Crippen molar-refractivity contribution in [2.24, 2.45) is 5.92 Å². The van der Waals surface area contributed by atoms with Crippen molar-refractivity contribution in [2.45, 2.75) is 32.1 Å². The lowest BCUT2D eigenvalue weighted by Gasteiger charge is -2.38. The Morgan fingerprint density at radius 1 is 1.09 bits per heavy atom. The zero-order valence-corrected chi connectivity index (χ0v) is 14.1. The molecule has 0 fully saturated rings. The first-order valence-electron chi connectivity index (χ1n) is 8.01. The standard InChI is InChI=1S/C20H26N2/c1-16(2)20(12-14-21,13-15-22(3)4)19-11-7-9-17-8-5-6-10-18(17)19/h5-11,16H,12-13,15H2,1-4H3/t20-/m0/s1. The molecule has 0 saturated carbocycles. The highest BCUT2D eigenvalue weighted by Gasteiger charge is 2.36. The molecule has 2 heteroatoms. The van der Waals surface area contributed by atoms with Crippen LogP contribution < -0.4 is 0 Å². The monoisotopic (exact) mass is 294 g/mol. The first kappa shape index (κ1) is 16.5. The van der Waals surface area contributed by atoms with Gasteiger partial charge in [-0.15, -0.1) is 0 Å². The van der Waals surface area contributed by atoms with Gasteiger partial charge in [0.05, 0.1) is 6.07 Å². The van der Waals surface area contributed by atoms with E-state index in [1.54, 1.807) is 0 Å². The fourth-order valence-corrected chi connectivity index (χ4v) is 3.35. The Bertz CT molecular complexity index is 661. The van der Waals surface area contributed by atoms with Crippen LogP contribution in [-0.2, 0) is 5.41 Å². The lowest BCUT2D eigenvalue weighted by atomic mass is 9.66. The molecule has 0 heterocycles. The van der Waals surface area contributed by atoms with E-state index < -0.39 is 0 Å². The highest BCUT2D eigenvalue weighted by Crippen LogP contribution is 2.42. The normalized spacial score (nSPS) is 14.2. The first-order valence-corrected chi connectivity index (χ1v) is 8.01. The average molecular weight is 294 g/mol. The zero-order valence-electron chi connectivity index (χ0n) is 14.1. The van der Waals surface area contributed by atoms with E-state index in [0.717, 1.165) is 13.0 Å². The summed E-state index contributed by atoms with van der Waals surface area (Å²) >= 11 is 0. The molecule has 22 heavy (non-hydrogen) atoms. The Morgan fingerprint density at radius 2 is 1.77 bits per heavy atom. The van der Waals surface area contributed by atoms with Crippen LogP contribution in [0.3, 0.4) is 0 Å². The highest BCUT2D eigenvalue weighted by atomic mass is 15.0. The molecule has 0 aliphatic rings. The zero-order chi connectivity index (χ0) is 16.2. The summed E-state index contributed by atoms with van der Waals surface area (Å²) in [5.74, 6) is 0.415. The lowest BCUT2D eigenvalue weighted by Crippen LogP contribution is -2.35. The second-order valence-electron chi connectivity index (χ2n) is 6.73. The predicted molar refractivity (Wildman–Crippen MR) is 93.9 cm³/mol. The van der Waals surface area contributed by atoms with Crippen molar-refractivity contribution in [3.63, 3.8) is 0 Å². The molecule has 2 nitrogen and oxygen atoms in total. The lowest BCUT2D eigenvalue weighted by molar-refractivity contribution is 0.251. The van der Waals surface area contributed by atoms with E-state index in [0.29, 0.717) is 12.3 Å². The van der Waals surface area contributed by atoms with Crippen LogP contribution in [0.2, 0.25) is 0 Å². The van der Waals surface area contributed by atoms with Crippen molar-refractivity contribution < 1.29 is 0 Å². The fourth-order valence-electron chi connectivity index (χ4n) is 3.35. The number of nitriles is 1. The van der Waals surface area contributed by atoms with Gasteiger partial charge >= 0.3 is 0 Å². The Balaban J connectivity index is 2.62. The Labute approximate surface area is 134 Å². The van der Waals surface area contributed by atoms with Gasteiger partial charge in [0.25, 0.3) is 0 Å². The van der Waals surface area contributed by atoms with Gasteiger partial charge in [-0.1, -0.05) is 56.3 Å². The number of nitrogens with zero attached hydrogens (tertiary/aromatic N) is 2. The summed E-state index contributed by atoms with van der Waals surface area (Å²) in [6.07, 6.45) is 1.56. The second kappa shape index (κ2) is 6.94. The Morgan fingerprint density at radius 3 is 2.41 bits per heavy atom. The molecule has 0 N–H and O–H groups in total. The third kappa shape index (κ3) is 3.15. The molecule has 0 spiro atoms. The van der Waals surface area contributed by atoms with Crippen molar-refractivity contribution in [2.75, 3.05) is 20.6 Å². The maximum atomic E-state index is 9.49. The number of rotatable bonds is 6. The molecule has 0 aliphatic heterocycles. The topological polar surface area (TPSA) is 27.0 Å². The maximum Gasteiger partial charge on any atom is 0.0631 e. The van der Waals surface area contributed by atoms with Crippen LogP contribution >= 0.6 is 0 Å². The molecule has 0 amide bonds. The van der Waals surface area contributed by atoms with E-state index in [4.69, 9.17) is 0 Å². The van der Waals surface area contributed by atoms with Crippen molar-refractivity contribution in [1.82, 2.24) is 4.90 Å². The SMILES string of the molecule is CC(C)[C@](CC#N)(CCN(C)C)c1cccc2ccccc12. The summed E-state index contributed by atoms with van der Waals surface area (Å²) in [5, 5.41) is 12.0. The third-order valence-corrected chi connectivity index (χ3v) is 4.83. The molecular weight excluding hydrogens is 268 g/mol. The molecule has 2 aromatic carbocycles. The fraction of sp³-hybridized carbons (Fsp3) is 0.450. The summed E-state index contributed by atoms with van der Waals surface area (Å²) in [7, 11) is 4.20. The van der Waals surface area contributed by atoms with Crippen LogP contribution in [0.15, 0.2) is 42.5 Å². The molecular formula is C20H26N2. The number of hydrogen-bond donors (Lipinski definition) is 0. The predicted octanol–water partition coefficient (Wildman–Crippen LogP) is 4.60. The molecule has 0 bridgehead atoms. The molecule has 0 saturated heterocycles. The molecule has 116 valence electrons. The largest absolute Gasteiger partial charge is 0.309 e. The van der Waals surface area contributed by atoms with Crippen LogP contribution in [0.4, 0.5) is 0 Å². The van der Waals surface area contributed by atoms with Gasteiger partial charge in [0.2, 0.25) is 0 Å². The summed E-state index contributed by atoms with van der Waals surface area (Å²) < 4.78 is 0. The van der Waals surface area contributed by atoms with Crippen molar-refractivity contribution >= 4 is 10.8 Å². The van der Waals surface area contributed by atoms with Crippen molar-refractivity contribution in [3.8, 4) is 6.07 Å². The van der Waals surface area contributed by atoms with Crippen molar-refractivity contribution in [1.29, 1.82) is 5.26 Å². The van der Waals surface area contributed by atoms with Gasteiger partial charge in [-0.25, -0.2) is 0 Å². The van der Waals surface area contributed by atoms with Crippen LogP contribution in [0, 0.1) is 17.2 Å². The van der Waals surface area contributed by atoms with Crippen molar-refractivity contribution in [3.05, 3.63) is 48.0 Å². The van der Waals surface area contributed by atoms with Gasteiger partial charge in [-0.05, 0) is 49.3 Å². The Kier molecular flexibility index (Phi) is 5.21. The molecule has 0 radical (unpaired) electrons. The number of benzene rings is 2. The average Bonchev–Trinajstić information content (AvgIpc) is 2.50. The molecule has 0 aromatic heterocycles. The van der Waals surface area contributed by atoms with Crippen LogP contribution in [0.1, 0.15) is 32.3 Å². The Hall–Kier alpha value is -1.85. The molecule has 2 rings (SSSR count). The van der Waals surface area contributed by atoms with Gasteiger partial charge in [0.15, 0.2) is 0 Å². The highest BCUT2D eigenvalue weighted by molar-refractivity contribution is 5.86. The quantitative estimate of drug-likeness (QED) is 0.778. The summed E-state index contributed by atoms with van der Waals surface area (Å²) in [5.41, 5.74) is 1.23. The van der Waals surface area contributed by atoms with Gasteiger partial charge in [0.1, 0.15) is 0 Å². The van der Waals surface area contributed by atoms with E-state index >= 15 is 0 Å². The van der Waals surface area contributed by atoms with E-state index in [-0.39, 0.29) is 5.41 Å². The second-order valence-corrected chi connectivity index (χ2v) is 6.73. The van der Waals surface area contributed by atoms with Gasteiger partial charge < -0.3 is 4.90 Å². The van der Waals surface area contributed by atoms with Gasteiger partial charge in [-0.2, -0.15) is 5.26 Å². The van der Waals surface area contributed by atoms with Crippen LogP contribution in [0.5, 0.6) is 0 Å². The number of hydrogen-bond acceptors (Lipinski definition) is 2. The van der Waals surface area contributed by atoms with E-state index in [1.165, 1.54) is 16.3 Å². The summed E-state index contributed by atoms with van der Waals surface area (Å²) in [4.78, 5) is 2.21. The first-order chi connectivity index (χ1) is 10.5. The maximum absolute atomic E-state index is 9.49. The minimum absolute atomic E-state index is 0.0973. The van der Waals surface area contributed by atoms with Crippen LogP contribution in [0.25, 0.3) is 10.8 Å². The number of fused-ring (bicyclic) bond motifs is 1. The van der Waals surface area contributed by atoms with Crippen LogP contribution in [-0.4, -0.2) is 25.5 Å². The van der Waals surface area contributed by atoms with Gasteiger partial charge in [-0.3, -0.25) is 0 Å². The molecule has 2 aromatic rings. The van der Waals surface area contributed by atoms with E-state index in [9.17, 15) is 5.26 Å². The van der Waals surface area contributed by atoms with E-state index in [1.807, 2.05) is 0 Å². The minimum atomic E-state index is -0.0973. The summed E-state index contributed by atoms with van der Waals surface area (Å²) in [6, 6.07) is 17.5.